The Bertz CT molecular complexity index is 740. The summed E-state index contributed by atoms with van der Waals surface area (Å²) in [7, 11) is 0. The largest absolute Gasteiger partial charge is 0.357 e. The zero-order chi connectivity index (χ0) is 16.5. The van der Waals surface area contributed by atoms with Crippen LogP contribution in [0.4, 0.5) is 5.13 Å². The molecule has 2 aromatic rings. The van der Waals surface area contributed by atoms with E-state index in [0.29, 0.717) is 11.0 Å². The molecular weight excluding hydrogens is 320 g/mol. The third-order valence-corrected chi connectivity index (χ3v) is 6.61. The van der Waals surface area contributed by atoms with Gasteiger partial charge in [-0.15, -0.1) is 5.10 Å². The molecule has 2 fully saturated rings. The summed E-state index contributed by atoms with van der Waals surface area (Å²) in [6, 6.07) is 2.11. The maximum absolute atomic E-state index is 12.2. The first-order valence-electron chi connectivity index (χ1n) is 9.41. The quantitative estimate of drug-likeness (QED) is 0.893. The van der Waals surface area contributed by atoms with Gasteiger partial charge in [0.15, 0.2) is 0 Å². The van der Waals surface area contributed by atoms with Crippen LogP contribution in [-0.4, -0.2) is 20.6 Å². The summed E-state index contributed by atoms with van der Waals surface area (Å²) in [4.78, 5) is 17.5. The molecule has 0 atom stereocenters. The van der Waals surface area contributed by atoms with Crippen molar-refractivity contribution < 1.29 is 0 Å². The summed E-state index contributed by atoms with van der Waals surface area (Å²) in [5, 5.41) is 9.10. The van der Waals surface area contributed by atoms with Gasteiger partial charge in [-0.1, -0.05) is 43.9 Å². The maximum Gasteiger partial charge on any atom is 0.275 e. The third kappa shape index (κ3) is 3.08. The van der Waals surface area contributed by atoms with Gasteiger partial charge in [0, 0.05) is 17.8 Å². The molecular formula is C18H26N4OS. The fourth-order valence-electron chi connectivity index (χ4n) is 4.49. The van der Waals surface area contributed by atoms with Crippen LogP contribution < -0.4 is 10.9 Å². The highest BCUT2D eigenvalue weighted by molar-refractivity contribution is 7.20. The average molecular weight is 347 g/mol. The van der Waals surface area contributed by atoms with Crippen LogP contribution in [0.1, 0.15) is 64.0 Å². The monoisotopic (exact) mass is 346 g/mol. The van der Waals surface area contributed by atoms with Crippen molar-refractivity contribution in [3.05, 3.63) is 22.1 Å². The molecule has 2 saturated carbocycles. The molecule has 24 heavy (non-hydrogen) atoms. The second-order valence-electron chi connectivity index (χ2n) is 7.30. The van der Waals surface area contributed by atoms with Crippen molar-refractivity contribution in [2.45, 2.75) is 70.8 Å². The lowest BCUT2D eigenvalue weighted by Gasteiger charge is -2.29. The highest BCUT2D eigenvalue weighted by atomic mass is 32.1. The molecule has 0 aromatic carbocycles. The molecule has 5 nitrogen and oxygen atoms in total. The van der Waals surface area contributed by atoms with Gasteiger partial charge in [-0.3, -0.25) is 4.79 Å². The lowest BCUT2D eigenvalue weighted by atomic mass is 9.86. The standard InChI is InChI=1S/C18H26N4OS/c1-2-14-11-15(23)22-18(19-14)24-17(21-22)20-16(12-7-3-4-8-12)13-9-5-6-10-13/h11-13,16H,2-10H2,1H3,(H,20,21). The predicted molar refractivity (Wildman–Crippen MR) is 97.8 cm³/mol. The highest BCUT2D eigenvalue weighted by Crippen LogP contribution is 2.39. The van der Waals surface area contributed by atoms with Crippen molar-refractivity contribution in [1.29, 1.82) is 0 Å². The molecule has 0 amide bonds. The topological polar surface area (TPSA) is 59.3 Å². The number of hydrogen-bond acceptors (Lipinski definition) is 5. The molecule has 2 aliphatic carbocycles. The first-order chi connectivity index (χ1) is 11.7. The number of fused-ring (bicyclic) bond motifs is 1. The third-order valence-electron chi connectivity index (χ3n) is 5.77. The summed E-state index contributed by atoms with van der Waals surface area (Å²) >= 11 is 1.52. The fraction of sp³-hybridized carbons (Fsp3) is 0.722. The molecule has 2 heterocycles. The maximum atomic E-state index is 12.2. The fourth-order valence-corrected chi connectivity index (χ4v) is 5.36. The van der Waals surface area contributed by atoms with Gasteiger partial charge in [0.2, 0.25) is 10.1 Å². The van der Waals surface area contributed by atoms with Crippen LogP contribution in [0.3, 0.4) is 0 Å². The predicted octanol–water partition coefficient (Wildman–Crippen LogP) is 3.87. The van der Waals surface area contributed by atoms with E-state index in [-0.39, 0.29) is 5.56 Å². The van der Waals surface area contributed by atoms with Gasteiger partial charge in [-0.2, -0.15) is 4.52 Å². The van der Waals surface area contributed by atoms with Crippen LogP contribution in [-0.2, 0) is 6.42 Å². The highest BCUT2D eigenvalue weighted by Gasteiger charge is 2.33. The zero-order valence-corrected chi connectivity index (χ0v) is 15.1. The Morgan fingerprint density at radius 3 is 2.42 bits per heavy atom. The lowest BCUT2D eigenvalue weighted by Crippen LogP contribution is -2.34. The first kappa shape index (κ1) is 16.1. The smallest absolute Gasteiger partial charge is 0.275 e. The van der Waals surface area contributed by atoms with Gasteiger partial charge >= 0.3 is 0 Å². The van der Waals surface area contributed by atoms with Gasteiger partial charge in [-0.05, 0) is 43.9 Å². The van der Waals surface area contributed by atoms with Gasteiger partial charge in [-0.25, -0.2) is 4.98 Å². The van der Waals surface area contributed by atoms with Gasteiger partial charge in [0.1, 0.15) is 0 Å². The average Bonchev–Trinajstić information content (AvgIpc) is 3.32. The van der Waals surface area contributed by atoms with Crippen molar-refractivity contribution in [2.75, 3.05) is 5.32 Å². The van der Waals surface area contributed by atoms with E-state index >= 15 is 0 Å². The summed E-state index contributed by atoms with van der Waals surface area (Å²) in [5.74, 6) is 1.52. The van der Waals surface area contributed by atoms with E-state index < -0.39 is 0 Å². The Morgan fingerprint density at radius 2 is 1.83 bits per heavy atom. The number of rotatable bonds is 5. The minimum Gasteiger partial charge on any atom is -0.357 e. The van der Waals surface area contributed by atoms with Crippen molar-refractivity contribution in [1.82, 2.24) is 14.6 Å². The van der Waals surface area contributed by atoms with Crippen molar-refractivity contribution in [3.63, 3.8) is 0 Å². The van der Waals surface area contributed by atoms with Crippen LogP contribution >= 0.6 is 11.3 Å². The number of aromatic nitrogens is 3. The van der Waals surface area contributed by atoms with E-state index in [1.165, 1.54) is 67.2 Å². The second-order valence-corrected chi connectivity index (χ2v) is 8.26. The normalized spacial score (nSPS) is 19.8. The Kier molecular flexibility index (Phi) is 4.57. The van der Waals surface area contributed by atoms with Crippen LogP contribution in [0.2, 0.25) is 0 Å². The summed E-state index contributed by atoms with van der Waals surface area (Å²) < 4.78 is 1.45. The SMILES string of the molecule is CCc1cc(=O)n2nc(NC(C3CCCC3)C3CCCC3)sc2n1. The molecule has 4 rings (SSSR count). The molecule has 2 aromatic heterocycles. The van der Waals surface area contributed by atoms with Crippen LogP contribution in [0.25, 0.3) is 4.96 Å². The Balaban J connectivity index is 1.62. The van der Waals surface area contributed by atoms with Crippen LogP contribution in [0, 0.1) is 11.8 Å². The van der Waals surface area contributed by atoms with Gasteiger partial charge in [0.25, 0.3) is 5.56 Å². The number of nitrogens with one attached hydrogen (secondary N) is 1. The van der Waals surface area contributed by atoms with Gasteiger partial charge in [0.05, 0.1) is 0 Å². The molecule has 0 bridgehead atoms. The molecule has 0 radical (unpaired) electrons. The van der Waals surface area contributed by atoms with E-state index in [1.807, 2.05) is 6.92 Å². The molecule has 0 aliphatic heterocycles. The number of anilines is 1. The van der Waals surface area contributed by atoms with Crippen molar-refractivity contribution in [2.24, 2.45) is 11.8 Å². The second kappa shape index (κ2) is 6.82. The molecule has 130 valence electrons. The van der Waals surface area contributed by atoms with E-state index in [1.54, 1.807) is 6.07 Å². The zero-order valence-electron chi connectivity index (χ0n) is 14.3. The minimum absolute atomic E-state index is 0.0700. The Hall–Kier alpha value is -1.43. The minimum atomic E-state index is -0.0700. The van der Waals surface area contributed by atoms with Crippen molar-refractivity contribution >= 4 is 21.4 Å². The molecule has 2 aliphatic rings. The Labute approximate surface area is 146 Å². The lowest BCUT2D eigenvalue weighted by molar-refractivity contribution is 0.338. The number of hydrogen-bond donors (Lipinski definition) is 1. The van der Waals surface area contributed by atoms with E-state index in [9.17, 15) is 4.79 Å². The molecule has 0 unspecified atom stereocenters. The summed E-state index contributed by atoms with van der Waals surface area (Å²) in [6.45, 7) is 2.02. The molecule has 1 N–H and O–H groups in total. The van der Waals surface area contributed by atoms with E-state index in [2.05, 4.69) is 15.4 Å². The molecule has 6 heteroatoms. The first-order valence-corrected chi connectivity index (χ1v) is 10.2. The summed E-state index contributed by atoms with van der Waals surface area (Å²) in [6.07, 6.45) is 11.5. The van der Waals surface area contributed by atoms with Crippen molar-refractivity contribution in [3.8, 4) is 0 Å². The van der Waals surface area contributed by atoms with Gasteiger partial charge < -0.3 is 5.32 Å². The van der Waals surface area contributed by atoms with Crippen LogP contribution in [0.15, 0.2) is 10.9 Å². The number of nitrogens with zero attached hydrogens (tertiary/aromatic N) is 3. The summed E-state index contributed by atoms with van der Waals surface area (Å²) in [5.41, 5.74) is 0.776. The molecule has 0 spiro atoms. The van der Waals surface area contributed by atoms with Crippen LogP contribution in [0.5, 0.6) is 0 Å². The van der Waals surface area contributed by atoms with E-state index in [4.69, 9.17) is 0 Å². The number of aryl methyl sites for hydroxylation is 1. The molecule has 0 saturated heterocycles. The Morgan fingerprint density at radius 1 is 1.21 bits per heavy atom. The van der Waals surface area contributed by atoms with E-state index in [0.717, 1.165) is 29.1 Å².